The van der Waals surface area contributed by atoms with E-state index in [1.165, 1.54) is 12.1 Å². The van der Waals surface area contributed by atoms with Crippen molar-refractivity contribution >= 4 is 0 Å². The molecule has 1 aliphatic heterocycles. The highest BCUT2D eigenvalue weighted by Gasteiger charge is 2.17. The lowest BCUT2D eigenvalue weighted by atomic mass is 10.1. The van der Waals surface area contributed by atoms with Crippen LogP contribution < -0.4 is 0 Å². The van der Waals surface area contributed by atoms with Crippen LogP contribution in [0, 0.1) is 18.2 Å². The predicted octanol–water partition coefficient (Wildman–Crippen LogP) is 1.82. The fourth-order valence-electron chi connectivity index (χ4n) is 2.60. The molecule has 1 aromatic rings. The first-order chi connectivity index (χ1) is 11.2. The second-order valence-corrected chi connectivity index (χ2v) is 5.80. The summed E-state index contributed by atoms with van der Waals surface area (Å²) < 4.78 is 24.0. The van der Waals surface area contributed by atoms with Crippen molar-refractivity contribution in [1.82, 2.24) is 4.90 Å². The van der Waals surface area contributed by atoms with Crippen LogP contribution in [0.4, 0.5) is 4.39 Å². The fraction of sp³-hybridized carbons (Fsp3) is 0.556. The smallest absolute Gasteiger partial charge is 0.123 e. The maximum atomic E-state index is 12.9. The molecule has 0 aromatic heterocycles. The summed E-state index contributed by atoms with van der Waals surface area (Å²) in [5.41, 5.74) is 0.958. The van der Waals surface area contributed by atoms with E-state index in [1.54, 1.807) is 12.1 Å². The minimum atomic E-state index is -0.605. The Morgan fingerprint density at radius 3 is 2.70 bits per heavy atom. The number of nitrogens with zero attached hydrogens (tertiary/aromatic N) is 1. The lowest BCUT2D eigenvalue weighted by Crippen LogP contribution is -2.36. The number of rotatable bonds is 8. The fourth-order valence-corrected chi connectivity index (χ4v) is 2.60. The highest BCUT2D eigenvalue weighted by atomic mass is 19.1. The summed E-state index contributed by atoms with van der Waals surface area (Å²) in [7, 11) is 0. The van der Waals surface area contributed by atoms with Gasteiger partial charge in [-0.25, -0.2) is 4.39 Å². The lowest BCUT2D eigenvalue weighted by Gasteiger charge is -2.26. The Labute approximate surface area is 137 Å². The molecule has 1 saturated heterocycles. The minimum Gasteiger partial charge on any atom is -0.389 e. The van der Waals surface area contributed by atoms with Crippen LogP contribution in [0.2, 0.25) is 0 Å². The van der Waals surface area contributed by atoms with Gasteiger partial charge in [0.1, 0.15) is 5.82 Å². The summed E-state index contributed by atoms with van der Waals surface area (Å²) in [4.78, 5) is 1.95. The Morgan fingerprint density at radius 1 is 1.35 bits per heavy atom. The molecule has 5 heteroatoms. The molecule has 126 valence electrons. The molecule has 0 amide bonds. The molecule has 1 aromatic carbocycles. The van der Waals surface area contributed by atoms with Crippen molar-refractivity contribution in [3.05, 3.63) is 35.6 Å². The van der Waals surface area contributed by atoms with Crippen LogP contribution in [0.25, 0.3) is 0 Å². The Balaban J connectivity index is 1.78. The van der Waals surface area contributed by atoms with Gasteiger partial charge in [-0.3, -0.25) is 4.90 Å². The molecule has 1 fully saturated rings. The second kappa shape index (κ2) is 9.64. The van der Waals surface area contributed by atoms with Crippen molar-refractivity contribution in [2.75, 3.05) is 32.9 Å². The van der Waals surface area contributed by atoms with Crippen molar-refractivity contribution in [2.24, 2.45) is 0 Å². The monoisotopic (exact) mass is 321 g/mol. The van der Waals surface area contributed by atoms with E-state index in [0.29, 0.717) is 32.8 Å². The third kappa shape index (κ3) is 6.67. The number of aliphatic hydroxyl groups excluding tert-OH is 1. The Hall–Kier alpha value is -1.45. The van der Waals surface area contributed by atoms with Crippen molar-refractivity contribution in [2.45, 2.75) is 31.6 Å². The van der Waals surface area contributed by atoms with Crippen molar-refractivity contribution < 1.29 is 19.0 Å². The van der Waals surface area contributed by atoms with E-state index < -0.39 is 6.10 Å². The van der Waals surface area contributed by atoms with Crippen molar-refractivity contribution in [1.29, 1.82) is 0 Å². The number of hydrogen-bond donors (Lipinski definition) is 1. The average Bonchev–Trinajstić information content (AvgIpc) is 2.56. The maximum Gasteiger partial charge on any atom is 0.123 e. The van der Waals surface area contributed by atoms with E-state index in [4.69, 9.17) is 15.9 Å². The Kier molecular flexibility index (Phi) is 7.50. The van der Waals surface area contributed by atoms with Gasteiger partial charge in [-0.1, -0.05) is 18.1 Å². The maximum absolute atomic E-state index is 12.9. The van der Waals surface area contributed by atoms with Crippen LogP contribution >= 0.6 is 0 Å². The van der Waals surface area contributed by atoms with Gasteiger partial charge in [0.2, 0.25) is 0 Å². The number of aliphatic hydroxyl groups is 1. The molecule has 23 heavy (non-hydrogen) atoms. The van der Waals surface area contributed by atoms with Gasteiger partial charge in [0.25, 0.3) is 0 Å². The summed E-state index contributed by atoms with van der Waals surface area (Å²) in [6.45, 7) is 3.13. The molecule has 1 unspecified atom stereocenters. The quantitative estimate of drug-likeness (QED) is 0.742. The number of halogens is 1. The first-order valence-electron chi connectivity index (χ1n) is 7.95. The van der Waals surface area contributed by atoms with Gasteiger partial charge in [0.05, 0.1) is 25.4 Å². The van der Waals surface area contributed by atoms with Crippen LogP contribution in [0.5, 0.6) is 0 Å². The van der Waals surface area contributed by atoms with Gasteiger partial charge in [-0.05, 0) is 30.5 Å². The molecular weight excluding hydrogens is 297 g/mol. The molecule has 0 radical (unpaired) electrons. The number of ether oxygens (including phenoxy) is 2. The summed E-state index contributed by atoms with van der Waals surface area (Å²) in [6, 6.07) is 6.30. The van der Waals surface area contributed by atoms with E-state index in [2.05, 4.69) is 5.92 Å². The summed E-state index contributed by atoms with van der Waals surface area (Å²) in [6.07, 6.45) is 6.70. The first kappa shape index (κ1) is 17.9. The Bertz CT molecular complexity index is 494. The van der Waals surface area contributed by atoms with Crippen LogP contribution in [-0.4, -0.2) is 55.1 Å². The third-order valence-corrected chi connectivity index (χ3v) is 3.80. The van der Waals surface area contributed by atoms with Crippen LogP contribution in [0.3, 0.4) is 0 Å². The number of hydrogen-bond acceptors (Lipinski definition) is 4. The molecule has 1 N–H and O–H groups in total. The molecule has 1 atom stereocenters. The highest BCUT2D eigenvalue weighted by molar-refractivity contribution is 5.16. The van der Waals surface area contributed by atoms with Gasteiger partial charge in [-0.2, -0.15) is 0 Å². The van der Waals surface area contributed by atoms with Crippen LogP contribution in [0.1, 0.15) is 18.4 Å². The molecule has 0 aliphatic carbocycles. The summed E-state index contributed by atoms with van der Waals surface area (Å²) >= 11 is 0. The van der Waals surface area contributed by atoms with Gasteiger partial charge < -0.3 is 14.6 Å². The average molecular weight is 321 g/mol. The largest absolute Gasteiger partial charge is 0.389 e. The second-order valence-electron chi connectivity index (χ2n) is 5.80. The molecule has 1 heterocycles. The zero-order valence-corrected chi connectivity index (χ0v) is 13.3. The number of terminal acetylenes is 1. The highest BCUT2D eigenvalue weighted by Crippen LogP contribution is 2.12. The van der Waals surface area contributed by atoms with Gasteiger partial charge in [0.15, 0.2) is 0 Å². The molecule has 1 aliphatic rings. The van der Waals surface area contributed by atoms with E-state index >= 15 is 0 Å². The van der Waals surface area contributed by atoms with Gasteiger partial charge in [0, 0.05) is 26.3 Å². The third-order valence-electron chi connectivity index (χ3n) is 3.80. The Morgan fingerprint density at radius 2 is 2.04 bits per heavy atom. The predicted molar refractivity (Wildman–Crippen MR) is 86.3 cm³/mol. The zero-order valence-electron chi connectivity index (χ0n) is 13.3. The first-order valence-corrected chi connectivity index (χ1v) is 7.95. The summed E-state index contributed by atoms with van der Waals surface area (Å²) in [5, 5.41) is 10.2. The topological polar surface area (TPSA) is 41.9 Å². The van der Waals surface area contributed by atoms with E-state index in [9.17, 15) is 9.50 Å². The molecule has 0 saturated carbocycles. The van der Waals surface area contributed by atoms with E-state index in [1.807, 2.05) is 4.90 Å². The minimum absolute atomic E-state index is 0.164. The summed E-state index contributed by atoms with van der Waals surface area (Å²) in [5.74, 6) is 2.33. The SMILES string of the molecule is C#CCN(Cc1ccc(F)cc1)CC(O)COC1CCOCC1. The molecule has 0 spiro atoms. The normalized spacial score (nSPS) is 17.1. The molecule has 2 rings (SSSR count). The van der Waals surface area contributed by atoms with Crippen molar-refractivity contribution in [3.8, 4) is 12.3 Å². The molecule has 0 bridgehead atoms. The van der Waals surface area contributed by atoms with Crippen LogP contribution in [-0.2, 0) is 16.0 Å². The van der Waals surface area contributed by atoms with Crippen LogP contribution in [0.15, 0.2) is 24.3 Å². The molecular formula is C18H24FNO3. The van der Waals surface area contributed by atoms with E-state index in [-0.39, 0.29) is 18.5 Å². The lowest BCUT2D eigenvalue weighted by molar-refractivity contribution is -0.0639. The standard InChI is InChI=1S/C18H24FNO3/c1-2-9-20(12-15-3-5-16(19)6-4-15)13-17(21)14-23-18-7-10-22-11-8-18/h1,3-6,17-18,21H,7-14H2. The van der Waals surface area contributed by atoms with Gasteiger partial charge >= 0.3 is 0 Å². The van der Waals surface area contributed by atoms with Gasteiger partial charge in [-0.15, -0.1) is 6.42 Å². The van der Waals surface area contributed by atoms with E-state index in [0.717, 1.165) is 18.4 Å². The molecule has 4 nitrogen and oxygen atoms in total. The number of benzene rings is 1. The zero-order chi connectivity index (χ0) is 16.5. The van der Waals surface area contributed by atoms with Crippen molar-refractivity contribution in [3.63, 3.8) is 0 Å².